The van der Waals surface area contributed by atoms with Gasteiger partial charge in [0.1, 0.15) is 5.82 Å². The summed E-state index contributed by atoms with van der Waals surface area (Å²) in [4.78, 5) is 2.48. The molecule has 2 aromatic rings. The minimum absolute atomic E-state index is 0.0382. The molecule has 1 heterocycles. The van der Waals surface area contributed by atoms with E-state index in [1.165, 1.54) is 15.8 Å². The van der Waals surface area contributed by atoms with Crippen molar-refractivity contribution in [1.82, 2.24) is 0 Å². The van der Waals surface area contributed by atoms with E-state index >= 15 is 0 Å². The quantitative estimate of drug-likeness (QED) is 0.623. The molecule has 4 heteroatoms. The van der Waals surface area contributed by atoms with Crippen molar-refractivity contribution in [3.05, 3.63) is 55.9 Å². The zero-order valence-electron chi connectivity index (χ0n) is 8.51. The summed E-state index contributed by atoms with van der Waals surface area (Å²) in [7, 11) is 0. The number of hydrogen-bond donors (Lipinski definition) is 0. The van der Waals surface area contributed by atoms with E-state index in [1.54, 1.807) is 17.4 Å². The molecule has 0 saturated carbocycles. The van der Waals surface area contributed by atoms with Gasteiger partial charge < -0.3 is 0 Å². The normalized spacial score (nSPS) is 12.8. The molecule has 1 atom stereocenters. The lowest BCUT2D eigenvalue weighted by molar-refractivity contribution is 0.619. The number of alkyl halides is 1. The second kappa shape index (κ2) is 4.98. The van der Waals surface area contributed by atoms with Crippen molar-refractivity contribution in [3.63, 3.8) is 0 Å². The first-order valence-electron chi connectivity index (χ1n) is 4.74. The van der Waals surface area contributed by atoms with Gasteiger partial charge in [-0.15, -0.1) is 11.3 Å². The van der Waals surface area contributed by atoms with Gasteiger partial charge in [0.05, 0.1) is 9.30 Å². The van der Waals surface area contributed by atoms with Gasteiger partial charge >= 0.3 is 0 Å². The Morgan fingerprint density at radius 3 is 2.62 bits per heavy atom. The van der Waals surface area contributed by atoms with Crippen LogP contribution >= 0.6 is 43.2 Å². The van der Waals surface area contributed by atoms with Crippen LogP contribution in [-0.2, 0) is 0 Å². The van der Waals surface area contributed by atoms with E-state index in [9.17, 15) is 4.39 Å². The molecule has 0 aliphatic rings. The molecule has 0 amide bonds. The summed E-state index contributed by atoms with van der Waals surface area (Å²) in [6.07, 6.45) is 0. The standard InChI is InChI=1S/C12H9Br2FS/c1-7-5-6-10(16-7)12(14)8-3-2-4-9(15)11(8)13/h2-6,12H,1H3. The Morgan fingerprint density at radius 2 is 2.00 bits per heavy atom. The van der Waals surface area contributed by atoms with Gasteiger partial charge in [0.25, 0.3) is 0 Å². The van der Waals surface area contributed by atoms with Crippen LogP contribution in [0.5, 0.6) is 0 Å². The minimum atomic E-state index is -0.227. The number of rotatable bonds is 2. The molecular formula is C12H9Br2FS. The second-order valence-corrected chi connectivity index (χ2v) is 6.48. The van der Waals surface area contributed by atoms with E-state index in [1.807, 2.05) is 6.07 Å². The average molecular weight is 364 g/mol. The van der Waals surface area contributed by atoms with Crippen molar-refractivity contribution in [2.45, 2.75) is 11.8 Å². The lowest BCUT2D eigenvalue weighted by atomic mass is 10.1. The van der Waals surface area contributed by atoms with Gasteiger partial charge in [-0.2, -0.15) is 0 Å². The molecule has 0 spiro atoms. The molecule has 0 N–H and O–H groups in total. The van der Waals surface area contributed by atoms with Crippen LogP contribution in [-0.4, -0.2) is 0 Å². The van der Waals surface area contributed by atoms with Crippen molar-refractivity contribution < 1.29 is 4.39 Å². The first-order valence-corrected chi connectivity index (χ1v) is 7.26. The minimum Gasteiger partial charge on any atom is -0.206 e. The SMILES string of the molecule is Cc1ccc(C(Br)c2cccc(F)c2Br)s1. The van der Waals surface area contributed by atoms with Crippen molar-refractivity contribution >= 4 is 43.2 Å². The fraction of sp³-hybridized carbons (Fsp3) is 0.167. The molecule has 0 aliphatic heterocycles. The van der Waals surface area contributed by atoms with Crippen LogP contribution in [0, 0.1) is 12.7 Å². The summed E-state index contributed by atoms with van der Waals surface area (Å²) in [6, 6.07) is 9.23. The Hall–Kier alpha value is -0.190. The Kier molecular flexibility index (Phi) is 3.82. The molecule has 84 valence electrons. The maximum absolute atomic E-state index is 13.4. The zero-order chi connectivity index (χ0) is 11.7. The van der Waals surface area contributed by atoms with Crippen molar-refractivity contribution in [1.29, 1.82) is 0 Å². The van der Waals surface area contributed by atoms with E-state index in [2.05, 4.69) is 50.9 Å². The molecule has 0 bridgehead atoms. The highest BCUT2D eigenvalue weighted by atomic mass is 79.9. The molecule has 16 heavy (non-hydrogen) atoms. The molecular weight excluding hydrogens is 355 g/mol. The predicted molar refractivity (Wildman–Crippen MR) is 73.9 cm³/mol. The van der Waals surface area contributed by atoms with Gasteiger partial charge in [0.15, 0.2) is 0 Å². The summed E-state index contributed by atoms with van der Waals surface area (Å²) in [5, 5.41) is 0. The van der Waals surface area contributed by atoms with E-state index < -0.39 is 0 Å². The summed E-state index contributed by atoms with van der Waals surface area (Å²) in [6.45, 7) is 2.06. The van der Waals surface area contributed by atoms with E-state index in [-0.39, 0.29) is 10.6 Å². The van der Waals surface area contributed by atoms with Gasteiger partial charge in [0, 0.05) is 9.75 Å². The van der Waals surface area contributed by atoms with Gasteiger partial charge in [0.2, 0.25) is 0 Å². The van der Waals surface area contributed by atoms with Crippen LogP contribution in [0.3, 0.4) is 0 Å². The summed E-state index contributed by atoms with van der Waals surface area (Å²) in [5.74, 6) is -0.227. The monoisotopic (exact) mass is 362 g/mol. The van der Waals surface area contributed by atoms with Crippen molar-refractivity contribution in [2.75, 3.05) is 0 Å². The topological polar surface area (TPSA) is 0 Å². The second-order valence-electron chi connectivity index (χ2n) is 3.45. The first-order chi connectivity index (χ1) is 7.59. The van der Waals surface area contributed by atoms with E-state index in [4.69, 9.17) is 0 Å². The highest BCUT2D eigenvalue weighted by Gasteiger charge is 2.16. The zero-order valence-corrected chi connectivity index (χ0v) is 12.5. The van der Waals surface area contributed by atoms with Gasteiger partial charge in [-0.3, -0.25) is 0 Å². The Labute approximate surface area is 115 Å². The molecule has 0 nitrogen and oxygen atoms in total. The van der Waals surface area contributed by atoms with Crippen LogP contribution in [0.25, 0.3) is 0 Å². The number of hydrogen-bond acceptors (Lipinski definition) is 1. The van der Waals surface area contributed by atoms with Gasteiger partial charge in [-0.25, -0.2) is 4.39 Å². The molecule has 0 radical (unpaired) electrons. The Morgan fingerprint density at radius 1 is 1.25 bits per heavy atom. The lowest BCUT2D eigenvalue weighted by Crippen LogP contribution is -1.93. The number of aryl methyl sites for hydroxylation is 1. The highest BCUT2D eigenvalue weighted by Crippen LogP contribution is 2.39. The van der Waals surface area contributed by atoms with Crippen LogP contribution in [0.2, 0.25) is 0 Å². The first kappa shape index (κ1) is 12.3. The number of thiophene rings is 1. The fourth-order valence-electron chi connectivity index (χ4n) is 1.46. The van der Waals surface area contributed by atoms with E-state index in [0.717, 1.165) is 5.56 Å². The molecule has 1 aromatic carbocycles. The maximum Gasteiger partial charge on any atom is 0.137 e. The predicted octanol–water partition coefficient (Wildman–Crippen LogP) is 5.44. The molecule has 1 aromatic heterocycles. The average Bonchev–Trinajstić information content (AvgIpc) is 2.68. The highest BCUT2D eigenvalue weighted by molar-refractivity contribution is 9.11. The van der Waals surface area contributed by atoms with E-state index in [0.29, 0.717) is 4.47 Å². The molecule has 0 aliphatic carbocycles. The third-order valence-electron chi connectivity index (χ3n) is 2.27. The summed E-state index contributed by atoms with van der Waals surface area (Å²) in [5.41, 5.74) is 0.918. The third-order valence-corrected chi connectivity index (χ3v) is 5.46. The molecule has 0 fully saturated rings. The van der Waals surface area contributed by atoms with Gasteiger partial charge in [-0.1, -0.05) is 28.1 Å². The lowest BCUT2D eigenvalue weighted by Gasteiger charge is -2.10. The van der Waals surface area contributed by atoms with Crippen LogP contribution in [0.15, 0.2) is 34.8 Å². The smallest absolute Gasteiger partial charge is 0.137 e. The van der Waals surface area contributed by atoms with Gasteiger partial charge in [-0.05, 0) is 46.6 Å². The van der Waals surface area contributed by atoms with Crippen molar-refractivity contribution in [3.8, 4) is 0 Å². The summed E-state index contributed by atoms with van der Waals surface area (Å²) < 4.78 is 13.9. The third kappa shape index (κ3) is 2.39. The number of benzene rings is 1. The van der Waals surface area contributed by atoms with Crippen LogP contribution < -0.4 is 0 Å². The molecule has 1 unspecified atom stereocenters. The molecule has 0 saturated heterocycles. The van der Waals surface area contributed by atoms with Crippen LogP contribution in [0.1, 0.15) is 20.1 Å². The Balaban J connectivity index is 2.41. The number of halogens is 3. The summed E-state index contributed by atoms with van der Waals surface area (Å²) >= 11 is 8.61. The maximum atomic E-state index is 13.4. The largest absolute Gasteiger partial charge is 0.206 e. The van der Waals surface area contributed by atoms with Crippen LogP contribution in [0.4, 0.5) is 4.39 Å². The fourth-order valence-corrected chi connectivity index (χ4v) is 3.95. The van der Waals surface area contributed by atoms with Crippen molar-refractivity contribution in [2.24, 2.45) is 0 Å². The Bertz CT molecular complexity index is 507. The molecule has 2 rings (SSSR count).